The van der Waals surface area contributed by atoms with Crippen molar-refractivity contribution in [2.45, 2.75) is 77.0 Å². The minimum absolute atomic E-state index is 0.102. The molecule has 4 aliphatic rings. The molecule has 0 amide bonds. The second kappa shape index (κ2) is 28.2. The van der Waals surface area contributed by atoms with E-state index in [4.69, 9.17) is 0 Å². The number of rotatable bonds is 8. The third-order valence-corrected chi connectivity index (χ3v) is 30.1. The Balaban J connectivity index is 0.000000139. The van der Waals surface area contributed by atoms with Crippen molar-refractivity contribution in [2.75, 3.05) is 0 Å². The summed E-state index contributed by atoms with van der Waals surface area (Å²) in [4.78, 5) is 0. The molecule has 0 heteroatoms. The summed E-state index contributed by atoms with van der Waals surface area (Å²) >= 11 is 0. The fourth-order valence-corrected chi connectivity index (χ4v) is 23.4. The molecule has 0 aromatic heterocycles. The Morgan fingerprint density at radius 2 is 0.336 bits per heavy atom. The lowest BCUT2D eigenvalue weighted by molar-refractivity contribution is 0.660. The zero-order valence-electron chi connectivity index (χ0n) is 73.3. The molecule has 0 atom stereocenters. The molecule has 26 rings (SSSR count). The summed E-state index contributed by atoms with van der Waals surface area (Å²) in [7, 11) is 0. The molecule has 0 nitrogen and oxygen atoms in total. The maximum absolute atomic E-state index is 2.51. The van der Waals surface area contributed by atoms with E-state index in [2.05, 4.69) is 468 Å². The first kappa shape index (κ1) is 75.4. The predicted octanol–water partition coefficient (Wildman–Crippen LogP) is 35.2. The first-order valence-corrected chi connectivity index (χ1v) is 45.5. The molecule has 22 aromatic rings. The van der Waals surface area contributed by atoms with Crippen LogP contribution in [0, 0.1) is 0 Å². The summed E-state index contributed by atoms with van der Waals surface area (Å²) in [6.07, 6.45) is 0. The van der Waals surface area contributed by atoms with Crippen LogP contribution in [0.25, 0.3) is 220 Å². The largest absolute Gasteiger partial charge is 0.0619 e. The zero-order valence-corrected chi connectivity index (χ0v) is 73.3. The fraction of sp³-hybridized carbons (Fsp3) is 0.0938. The van der Waals surface area contributed by atoms with Crippen molar-refractivity contribution >= 4 is 86.2 Å². The van der Waals surface area contributed by atoms with Crippen molar-refractivity contribution in [2.24, 2.45) is 0 Å². The molecule has 0 unspecified atom stereocenters. The van der Waals surface area contributed by atoms with E-state index in [0.717, 1.165) is 0 Å². The Labute approximate surface area is 748 Å². The van der Waals surface area contributed by atoms with Gasteiger partial charge in [-0.3, -0.25) is 0 Å². The molecule has 0 N–H and O–H groups in total. The van der Waals surface area contributed by atoms with Crippen molar-refractivity contribution in [3.8, 4) is 134 Å². The van der Waals surface area contributed by atoms with Gasteiger partial charge in [-0.2, -0.15) is 0 Å². The molecule has 0 spiro atoms. The van der Waals surface area contributed by atoms with Crippen LogP contribution in [-0.4, -0.2) is 0 Å². The van der Waals surface area contributed by atoms with E-state index in [1.54, 1.807) is 0 Å². The van der Waals surface area contributed by atoms with Crippen LogP contribution in [0.5, 0.6) is 0 Å². The van der Waals surface area contributed by atoms with E-state index >= 15 is 0 Å². The van der Waals surface area contributed by atoms with Gasteiger partial charge in [-0.1, -0.05) is 401 Å². The minimum atomic E-state index is -0.190. The van der Waals surface area contributed by atoms with Crippen LogP contribution in [-0.2, 0) is 21.7 Å². The molecule has 0 saturated carbocycles. The Hall–Kier alpha value is -15.1. The number of benzene rings is 22. The van der Waals surface area contributed by atoms with Crippen LogP contribution < -0.4 is 0 Å². The Morgan fingerprint density at radius 3 is 0.711 bits per heavy atom. The van der Waals surface area contributed by atoms with Gasteiger partial charge < -0.3 is 0 Å². The molecule has 0 saturated heterocycles. The van der Waals surface area contributed by atoms with Crippen LogP contribution in [0.2, 0.25) is 0 Å². The molecule has 128 heavy (non-hydrogen) atoms. The molecule has 22 aromatic carbocycles. The highest BCUT2D eigenvalue weighted by Crippen LogP contribution is 2.59. The highest BCUT2D eigenvalue weighted by atomic mass is 14.4. The maximum Gasteiger partial charge on any atom is 0.0159 e. The molecule has 4 aliphatic carbocycles. The van der Waals surface area contributed by atoms with Crippen LogP contribution >= 0.6 is 0 Å². The summed E-state index contributed by atoms with van der Waals surface area (Å²) in [5.41, 5.74) is 41.4. The molecule has 0 bridgehead atoms. The second-order valence-corrected chi connectivity index (χ2v) is 38.5. The molecular weight excluding hydrogens is 1540 g/mol. The van der Waals surface area contributed by atoms with Crippen molar-refractivity contribution in [1.82, 2.24) is 0 Å². The zero-order chi connectivity index (χ0) is 85.8. The standard InChI is InChI=1S/2C64H46/c1-63(2)57-20-12-11-17-49(57)50-30-28-48(38-59(50)63)62-54-19-10-9-18-53(54)61(55-32-26-45(35-56(55)62)43-23-21-39-13-5-7-15-41(39)33-43)47-27-31-52-51-29-25-46(36-58(51)64(3,4)60(52)37-47)44-24-22-40-14-6-8-16-42(40)34-44;1-63(2)57-23-12-11-19-49(57)50-31-29-46(38-59(50)63)62-54-21-10-9-20-53(54)61(55-33-26-43(35-56(55)62)42-25-24-39-14-5-6-16-41(39)34-42)45-28-32-52-51-30-27-44(36-58(51)64(3,4)60(52)37-45)48-22-13-17-40-15-7-8-18-47(40)48/h2*5-38H,1-4H3. The fourth-order valence-electron chi connectivity index (χ4n) is 23.4. The highest BCUT2D eigenvalue weighted by molar-refractivity contribution is 6.24. The lowest BCUT2D eigenvalue weighted by Gasteiger charge is -2.24. The number of hydrogen-bond acceptors (Lipinski definition) is 0. The van der Waals surface area contributed by atoms with E-state index in [9.17, 15) is 0 Å². The molecule has 0 heterocycles. The number of hydrogen-bond donors (Lipinski definition) is 0. The van der Waals surface area contributed by atoms with Gasteiger partial charge in [0.1, 0.15) is 0 Å². The monoisotopic (exact) mass is 1630 g/mol. The Kier molecular flexibility index (Phi) is 16.6. The molecule has 0 fully saturated rings. The Morgan fingerprint density at radius 1 is 0.117 bits per heavy atom. The number of fused-ring (bicyclic) bond motifs is 20. The molecule has 604 valence electrons. The molecule has 0 aliphatic heterocycles. The van der Waals surface area contributed by atoms with E-state index in [-0.39, 0.29) is 21.7 Å². The SMILES string of the molecule is CC1(C)c2ccccc2-c2ccc(-c3c4ccccc4c(-c4ccc5c(c4)C(C)(C)c4cc(-c6ccc7ccccc7c6)ccc4-5)c4ccc(-c5ccc6ccccc6c5)cc34)cc21.CC1(C)c2ccccc2-c2ccc(-c3c4ccccc4c(-c4ccc5c(c4)C(C)(C)c4cc(-c6cccc7ccccc67)ccc4-5)c4ccc(-c5ccc6ccccc6c5)cc34)cc21. The van der Waals surface area contributed by atoms with Gasteiger partial charge in [-0.25, -0.2) is 0 Å². The van der Waals surface area contributed by atoms with E-state index < -0.39 is 0 Å². The van der Waals surface area contributed by atoms with Crippen LogP contribution in [0.3, 0.4) is 0 Å². The summed E-state index contributed by atoms with van der Waals surface area (Å²) in [6.45, 7) is 19.2. The smallest absolute Gasteiger partial charge is 0.0159 e. The summed E-state index contributed by atoms with van der Waals surface area (Å²) in [6, 6.07) is 156. The van der Waals surface area contributed by atoms with Gasteiger partial charge in [0.15, 0.2) is 0 Å². The van der Waals surface area contributed by atoms with Gasteiger partial charge in [0.2, 0.25) is 0 Å². The van der Waals surface area contributed by atoms with Gasteiger partial charge in [-0.15, -0.1) is 0 Å². The Bertz CT molecular complexity index is 8550. The molecular formula is C128H92. The van der Waals surface area contributed by atoms with Crippen molar-refractivity contribution in [3.63, 3.8) is 0 Å². The first-order valence-electron chi connectivity index (χ1n) is 45.5. The lowest BCUT2D eigenvalue weighted by Crippen LogP contribution is -2.15. The van der Waals surface area contributed by atoms with Crippen molar-refractivity contribution in [3.05, 3.63) is 457 Å². The normalized spacial score (nSPS) is 14.2. The average molecular weight is 1630 g/mol. The first-order chi connectivity index (χ1) is 62.5. The predicted molar refractivity (Wildman–Crippen MR) is 547 cm³/mol. The van der Waals surface area contributed by atoms with E-state index in [1.807, 2.05) is 0 Å². The van der Waals surface area contributed by atoms with Crippen LogP contribution in [0.4, 0.5) is 0 Å². The van der Waals surface area contributed by atoms with Gasteiger partial charge >= 0.3 is 0 Å². The van der Waals surface area contributed by atoms with Crippen LogP contribution in [0.15, 0.2) is 413 Å². The molecule has 0 radical (unpaired) electrons. The summed E-state index contributed by atoms with van der Waals surface area (Å²) < 4.78 is 0. The highest BCUT2D eigenvalue weighted by Gasteiger charge is 2.41. The van der Waals surface area contributed by atoms with Gasteiger partial charge in [0.05, 0.1) is 0 Å². The third kappa shape index (κ3) is 11.5. The second-order valence-electron chi connectivity index (χ2n) is 38.5. The average Bonchev–Trinajstić information content (AvgIpc) is 1.73. The van der Waals surface area contributed by atoms with E-state index in [0.29, 0.717) is 0 Å². The topological polar surface area (TPSA) is 0 Å². The summed E-state index contributed by atoms with van der Waals surface area (Å²) in [5.74, 6) is 0. The van der Waals surface area contributed by atoms with Gasteiger partial charge in [0.25, 0.3) is 0 Å². The van der Waals surface area contributed by atoms with Crippen LogP contribution in [0.1, 0.15) is 99.9 Å². The van der Waals surface area contributed by atoms with Gasteiger partial charge in [-0.05, 0) is 331 Å². The van der Waals surface area contributed by atoms with E-state index in [1.165, 1.54) is 264 Å². The quantitative estimate of drug-likeness (QED) is 0.133. The third-order valence-electron chi connectivity index (χ3n) is 30.1. The van der Waals surface area contributed by atoms with Crippen molar-refractivity contribution < 1.29 is 0 Å². The lowest BCUT2D eigenvalue weighted by atomic mass is 9.79. The summed E-state index contributed by atoms with van der Waals surface area (Å²) in [5, 5.41) is 20.3. The minimum Gasteiger partial charge on any atom is -0.0619 e. The van der Waals surface area contributed by atoms with Gasteiger partial charge in [0, 0.05) is 21.7 Å². The van der Waals surface area contributed by atoms with Crippen molar-refractivity contribution in [1.29, 1.82) is 0 Å². The maximum atomic E-state index is 2.51.